The smallest absolute Gasteiger partial charge is 0.236 e. The van der Waals surface area contributed by atoms with Crippen molar-refractivity contribution < 1.29 is 18.5 Å². The van der Waals surface area contributed by atoms with Crippen LogP contribution in [0.2, 0.25) is 0 Å². The van der Waals surface area contributed by atoms with Crippen LogP contribution in [0.25, 0.3) is 0 Å². The molecule has 6 heteroatoms. The number of ether oxygens (including phenoxy) is 2. The van der Waals surface area contributed by atoms with Gasteiger partial charge in [-0.1, -0.05) is 13.3 Å². The lowest BCUT2D eigenvalue weighted by molar-refractivity contribution is -0.122. The Labute approximate surface area is 133 Å². The van der Waals surface area contributed by atoms with Gasteiger partial charge in [0.25, 0.3) is 0 Å². The summed E-state index contributed by atoms with van der Waals surface area (Å²) in [6.45, 7) is 3.59. The van der Waals surface area contributed by atoms with E-state index in [1.165, 1.54) is 0 Å². The fourth-order valence-electron chi connectivity index (χ4n) is 2.44. The highest BCUT2D eigenvalue weighted by atomic mass is 32.2. The van der Waals surface area contributed by atoms with Gasteiger partial charge in [-0.05, 0) is 43.5 Å². The average molecular weight is 325 g/mol. The number of unbranched alkanes of at least 4 members (excludes halogenated alkanes) is 1. The maximum absolute atomic E-state index is 12.8. The Morgan fingerprint density at radius 3 is 2.50 bits per heavy atom. The molecule has 1 aliphatic heterocycles. The summed E-state index contributed by atoms with van der Waals surface area (Å²) >= 11 is 0. The Balaban J connectivity index is 2.12. The quantitative estimate of drug-likeness (QED) is 0.778. The molecule has 0 aromatic heterocycles. The molecule has 1 unspecified atom stereocenters. The van der Waals surface area contributed by atoms with Crippen molar-refractivity contribution in [3.8, 4) is 5.75 Å². The summed E-state index contributed by atoms with van der Waals surface area (Å²) in [4.78, 5) is 12.5. The highest BCUT2D eigenvalue weighted by Gasteiger charge is 2.45. The molecule has 1 heterocycles. The van der Waals surface area contributed by atoms with E-state index in [0.29, 0.717) is 37.6 Å². The topological polar surface area (TPSA) is 78.6 Å². The van der Waals surface area contributed by atoms with Crippen molar-refractivity contribution in [2.75, 3.05) is 19.8 Å². The molecule has 0 radical (unpaired) electrons. The summed E-state index contributed by atoms with van der Waals surface area (Å²) < 4.78 is 22.7. The lowest BCUT2D eigenvalue weighted by Crippen LogP contribution is -2.51. The standard InChI is InChI=1S/C16H23NO4S/c1-2-3-10-21-13-4-6-14(7-5-13)22(19)16(15(17)18)8-11-20-12-9-16/h4-7H,2-3,8-12H2,1H3,(H2,17,18). The molecule has 22 heavy (non-hydrogen) atoms. The summed E-state index contributed by atoms with van der Waals surface area (Å²) in [6, 6.07) is 7.07. The summed E-state index contributed by atoms with van der Waals surface area (Å²) in [5.74, 6) is 0.228. The van der Waals surface area contributed by atoms with Crippen molar-refractivity contribution in [1.82, 2.24) is 0 Å². The van der Waals surface area contributed by atoms with Crippen molar-refractivity contribution in [1.29, 1.82) is 0 Å². The highest BCUT2D eigenvalue weighted by Crippen LogP contribution is 2.32. The van der Waals surface area contributed by atoms with Gasteiger partial charge in [-0.3, -0.25) is 9.00 Å². The first-order valence-corrected chi connectivity index (χ1v) is 8.77. The van der Waals surface area contributed by atoms with Crippen LogP contribution in [-0.2, 0) is 20.3 Å². The van der Waals surface area contributed by atoms with E-state index < -0.39 is 21.5 Å². The molecule has 1 saturated heterocycles. The molecule has 5 nitrogen and oxygen atoms in total. The van der Waals surface area contributed by atoms with E-state index in [9.17, 15) is 9.00 Å². The molecule has 0 spiro atoms. The van der Waals surface area contributed by atoms with Gasteiger partial charge in [-0.2, -0.15) is 0 Å². The molecule has 1 fully saturated rings. The number of nitrogens with two attached hydrogens (primary N) is 1. The fourth-order valence-corrected chi connectivity index (χ4v) is 4.00. The number of hydrogen-bond acceptors (Lipinski definition) is 4. The number of primary amides is 1. The Morgan fingerprint density at radius 2 is 1.95 bits per heavy atom. The molecule has 1 amide bonds. The van der Waals surface area contributed by atoms with E-state index >= 15 is 0 Å². The molecule has 0 aliphatic carbocycles. The fraction of sp³-hybridized carbons (Fsp3) is 0.562. The molecule has 2 rings (SSSR count). The number of rotatable bonds is 7. The van der Waals surface area contributed by atoms with Gasteiger partial charge in [0.1, 0.15) is 10.5 Å². The van der Waals surface area contributed by atoms with Gasteiger partial charge in [0.15, 0.2) is 0 Å². The lowest BCUT2D eigenvalue weighted by atomic mass is 9.98. The third-order valence-electron chi connectivity index (χ3n) is 3.91. The van der Waals surface area contributed by atoms with Gasteiger partial charge in [-0.15, -0.1) is 0 Å². The van der Waals surface area contributed by atoms with E-state index in [4.69, 9.17) is 15.2 Å². The Bertz CT molecular complexity index is 523. The van der Waals surface area contributed by atoms with Crippen LogP contribution in [0.1, 0.15) is 32.6 Å². The Kier molecular flexibility index (Phi) is 5.97. The predicted octanol–water partition coefficient (Wildman–Crippen LogP) is 2.01. The maximum atomic E-state index is 12.8. The van der Waals surface area contributed by atoms with Crippen LogP contribution in [0.3, 0.4) is 0 Å². The molecule has 0 saturated carbocycles. The predicted molar refractivity (Wildman–Crippen MR) is 85.2 cm³/mol. The summed E-state index contributed by atoms with van der Waals surface area (Å²) in [5.41, 5.74) is 5.54. The number of hydrogen-bond donors (Lipinski definition) is 1. The van der Waals surface area contributed by atoms with Gasteiger partial charge in [0.05, 0.1) is 17.4 Å². The van der Waals surface area contributed by atoms with E-state index in [-0.39, 0.29) is 0 Å². The first-order chi connectivity index (χ1) is 10.6. The van der Waals surface area contributed by atoms with Crippen molar-refractivity contribution in [2.24, 2.45) is 5.73 Å². The largest absolute Gasteiger partial charge is 0.494 e. The zero-order valence-electron chi connectivity index (χ0n) is 12.9. The monoisotopic (exact) mass is 325 g/mol. The van der Waals surface area contributed by atoms with Gasteiger partial charge in [-0.25, -0.2) is 0 Å². The van der Waals surface area contributed by atoms with Crippen LogP contribution < -0.4 is 10.5 Å². The molecule has 0 bridgehead atoms. The molecular weight excluding hydrogens is 302 g/mol. The van der Waals surface area contributed by atoms with Crippen LogP contribution in [0.4, 0.5) is 0 Å². The number of carbonyl (C=O) groups is 1. The Morgan fingerprint density at radius 1 is 1.32 bits per heavy atom. The van der Waals surface area contributed by atoms with Crippen molar-refractivity contribution in [3.63, 3.8) is 0 Å². The van der Waals surface area contributed by atoms with Crippen LogP contribution in [0, 0.1) is 0 Å². The van der Waals surface area contributed by atoms with Crippen molar-refractivity contribution >= 4 is 16.7 Å². The van der Waals surface area contributed by atoms with Gasteiger partial charge >= 0.3 is 0 Å². The first kappa shape index (κ1) is 17.0. The second kappa shape index (κ2) is 7.74. The third kappa shape index (κ3) is 3.67. The van der Waals surface area contributed by atoms with Crippen LogP contribution in [0.15, 0.2) is 29.2 Å². The molecule has 1 aromatic carbocycles. The molecular formula is C16H23NO4S. The van der Waals surface area contributed by atoms with Crippen molar-refractivity contribution in [2.45, 2.75) is 42.2 Å². The number of amides is 1. The molecule has 122 valence electrons. The summed E-state index contributed by atoms with van der Waals surface area (Å²) in [5, 5.41) is 0. The number of carbonyl (C=O) groups excluding carboxylic acids is 1. The summed E-state index contributed by atoms with van der Waals surface area (Å²) in [7, 11) is -1.48. The average Bonchev–Trinajstić information content (AvgIpc) is 2.55. The van der Waals surface area contributed by atoms with Gasteiger partial charge in [0.2, 0.25) is 5.91 Å². The molecule has 1 aromatic rings. The zero-order valence-corrected chi connectivity index (χ0v) is 13.7. The minimum Gasteiger partial charge on any atom is -0.494 e. The van der Waals surface area contributed by atoms with Gasteiger partial charge < -0.3 is 15.2 Å². The van der Waals surface area contributed by atoms with Crippen LogP contribution in [0.5, 0.6) is 5.75 Å². The SMILES string of the molecule is CCCCOc1ccc(S(=O)C2(C(N)=O)CCOCC2)cc1. The molecule has 1 atom stereocenters. The second-order valence-corrected chi connectivity index (χ2v) is 7.20. The second-order valence-electron chi connectivity index (χ2n) is 5.41. The third-order valence-corrected chi connectivity index (χ3v) is 5.93. The highest BCUT2D eigenvalue weighted by molar-refractivity contribution is 7.87. The molecule has 1 aliphatic rings. The van der Waals surface area contributed by atoms with Crippen LogP contribution >= 0.6 is 0 Å². The van der Waals surface area contributed by atoms with Gasteiger partial charge in [0, 0.05) is 18.1 Å². The van der Waals surface area contributed by atoms with E-state index in [2.05, 4.69) is 6.92 Å². The first-order valence-electron chi connectivity index (χ1n) is 7.62. The van der Waals surface area contributed by atoms with Crippen molar-refractivity contribution in [3.05, 3.63) is 24.3 Å². The summed E-state index contributed by atoms with van der Waals surface area (Å²) in [6.07, 6.45) is 2.86. The van der Waals surface area contributed by atoms with E-state index in [0.717, 1.165) is 18.6 Å². The molecule has 2 N–H and O–H groups in total. The van der Waals surface area contributed by atoms with Crippen LogP contribution in [-0.4, -0.2) is 34.7 Å². The zero-order chi connectivity index (χ0) is 16.0. The minimum atomic E-state index is -1.48. The minimum absolute atomic E-state index is 0.393. The van der Waals surface area contributed by atoms with E-state index in [1.807, 2.05) is 0 Å². The Hall–Kier alpha value is -1.40. The number of benzene rings is 1. The maximum Gasteiger partial charge on any atom is 0.236 e. The lowest BCUT2D eigenvalue weighted by Gasteiger charge is -2.33. The van der Waals surface area contributed by atoms with E-state index in [1.54, 1.807) is 24.3 Å². The normalized spacial score (nSPS) is 18.6.